The summed E-state index contributed by atoms with van der Waals surface area (Å²) in [6, 6.07) is 14.4. The van der Waals surface area contributed by atoms with Gasteiger partial charge < -0.3 is 9.84 Å². The molecule has 3 nitrogen and oxygen atoms in total. The highest BCUT2D eigenvalue weighted by atomic mass is 16.5. The number of carbonyl (C=O) groups is 1. The summed E-state index contributed by atoms with van der Waals surface area (Å²) in [6.07, 6.45) is 0. The zero-order valence-electron chi connectivity index (χ0n) is 10.1. The molecule has 0 bridgehead atoms. The molecule has 0 aliphatic carbocycles. The Labute approximate surface area is 106 Å². The zero-order valence-corrected chi connectivity index (χ0v) is 10.1. The molecule has 18 heavy (non-hydrogen) atoms. The zero-order chi connectivity index (χ0) is 13.0. The number of ether oxygens (including phenoxy) is 1. The van der Waals surface area contributed by atoms with Crippen LogP contribution < -0.4 is 4.74 Å². The second-order valence-electron chi connectivity index (χ2n) is 3.99. The van der Waals surface area contributed by atoms with Crippen LogP contribution in [-0.4, -0.2) is 17.5 Å². The lowest BCUT2D eigenvalue weighted by molar-refractivity contribution is 0.0901. The number of carbonyl (C=O) groups excluding carboxylic acids is 1. The smallest absolute Gasteiger partial charge is 0.191 e. The molecule has 2 aromatic rings. The molecular formula is C15H14O3. The van der Waals surface area contributed by atoms with E-state index in [-0.39, 0.29) is 5.78 Å². The van der Waals surface area contributed by atoms with Gasteiger partial charge in [-0.3, -0.25) is 4.79 Å². The molecule has 92 valence electrons. The minimum atomic E-state index is -0.520. The summed E-state index contributed by atoms with van der Waals surface area (Å²) in [6.45, 7) is 1.47. The third-order valence-electron chi connectivity index (χ3n) is 2.58. The van der Waals surface area contributed by atoms with Crippen LogP contribution in [0, 0.1) is 6.92 Å². The quantitative estimate of drug-likeness (QED) is 0.838. The molecule has 3 heteroatoms. The second-order valence-corrected chi connectivity index (χ2v) is 3.99. The maximum absolute atomic E-state index is 11.5. The first-order valence-electron chi connectivity index (χ1n) is 5.68. The van der Waals surface area contributed by atoms with Crippen molar-refractivity contribution >= 4 is 5.78 Å². The van der Waals surface area contributed by atoms with E-state index in [4.69, 9.17) is 9.84 Å². The number of Topliss-reactive ketones (excluding diaryl/α,β-unsaturated/α-hetero) is 1. The first-order chi connectivity index (χ1) is 8.70. The number of benzene rings is 2. The molecule has 0 atom stereocenters. The van der Waals surface area contributed by atoms with Crippen LogP contribution >= 0.6 is 0 Å². The number of para-hydroxylation sites is 1. The molecular weight excluding hydrogens is 228 g/mol. The minimum Gasteiger partial charge on any atom is -0.457 e. The van der Waals surface area contributed by atoms with E-state index < -0.39 is 6.61 Å². The van der Waals surface area contributed by atoms with Crippen molar-refractivity contribution < 1.29 is 14.6 Å². The number of ketones is 1. The second kappa shape index (κ2) is 5.47. The van der Waals surface area contributed by atoms with Gasteiger partial charge in [0, 0.05) is 0 Å². The summed E-state index contributed by atoms with van der Waals surface area (Å²) in [7, 11) is 0. The van der Waals surface area contributed by atoms with Gasteiger partial charge in [0.15, 0.2) is 5.78 Å². The van der Waals surface area contributed by atoms with Crippen molar-refractivity contribution in [2.75, 3.05) is 6.61 Å². The summed E-state index contributed by atoms with van der Waals surface area (Å²) < 4.78 is 5.66. The molecule has 2 aromatic carbocycles. The van der Waals surface area contributed by atoms with E-state index in [0.29, 0.717) is 17.1 Å². The molecule has 0 aliphatic heterocycles. The van der Waals surface area contributed by atoms with Crippen LogP contribution in [0.1, 0.15) is 15.9 Å². The maximum Gasteiger partial charge on any atom is 0.191 e. The fraction of sp³-hybridized carbons (Fsp3) is 0.133. The average Bonchev–Trinajstić information content (AvgIpc) is 2.41. The van der Waals surface area contributed by atoms with Gasteiger partial charge in [-0.05, 0) is 31.2 Å². The average molecular weight is 242 g/mol. The van der Waals surface area contributed by atoms with Crippen LogP contribution in [0.25, 0.3) is 0 Å². The van der Waals surface area contributed by atoms with Gasteiger partial charge >= 0.3 is 0 Å². The highest BCUT2D eigenvalue weighted by Gasteiger charge is 2.11. The third kappa shape index (κ3) is 2.76. The van der Waals surface area contributed by atoms with E-state index in [1.54, 1.807) is 24.3 Å². The highest BCUT2D eigenvalue weighted by Crippen LogP contribution is 2.25. The number of rotatable bonds is 4. The van der Waals surface area contributed by atoms with Crippen molar-refractivity contribution in [1.29, 1.82) is 0 Å². The number of aliphatic hydroxyl groups is 1. The van der Waals surface area contributed by atoms with Crippen LogP contribution in [-0.2, 0) is 0 Å². The topological polar surface area (TPSA) is 46.5 Å². The van der Waals surface area contributed by atoms with E-state index in [2.05, 4.69) is 0 Å². The summed E-state index contributed by atoms with van der Waals surface area (Å²) in [5.41, 5.74) is 1.53. The van der Waals surface area contributed by atoms with Gasteiger partial charge in [-0.15, -0.1) is 0 Å². The summed E-state index contributed by atoms with van der Waals surface area (Å²) in [4.78, 5) is 11.5. The Hall–Kier alpha value is -2.13. The van der Waals surface area contributed by atoms with Crippen molar-refractivity contribution in [2.45, 2.75) is 6.92 Å². The van der Waals surface area contributed by atoms with Gasteiger partial charge in [-0.2, -0.15) is 0 Å². The molecule has 0 fully saturated rings. The molecule has 0 saturated heterocycles. The van der Waals surface area contributed by atoms with Crippen molar-refractivity contribution in [3.8, 4) is 11.5 Å². The van der Waals surface area contributed by atoms with E-state index >= 15 is 0 Å². The van der Waals surface area contributed by atoms with Crippen molar-refractivity contribution in [1.82, 2.24) is 0 Å². The van der Waals surface area contributed by atoms with Gasteiger partial charge in [0.25, 0.3) is 0 Å². The van der Waals surface area contributed by atoms with Crippen molar-refractivity contribution in [2.24, 2.45) is 0 Å². The lowest BCUT2D eigenvalue weighted by Crippen LogP contribution is -2.05. The summed E-state index contributed by atoms with van der Waals surface area (Å²) in [5.74, 6) is 0.775. The highest BCUT2D eigenvalue weighted by molar-refractivity contribution is 5.99. The van der Waals surface area contributed by atoms with Gasteiger partial charge in [-0.25, -0.2) is 0 Å². The Kier molecular flexibility index (Phi) is 3.75. The Bertz CT molecular complexity index is 544. The molecule has 0 saturated carbocycles. The number of hydrogen-bond acceptors (Lipinski definition) is 3. The number of aryl methyl sites for hydroxylation is 1. The minimum absolute atomic E-state index is 0.349. The molecule has 0 unspecified atom stereocenters. The van der Waals surface area contributed by atoms with Crippen molar-refractivity contribution in [3.63, 3.8) is 0 Å². The van der Waals surface area contributed by atoms with E-state index in [1.165, 1.54) is 0 Å². The predicted molar refractivity (Wildman–Crippen MR) is 69.1 cm³/mol. The molecule has 0 heterocycles. The van der Waals surface area contributed by atoms with E-state index in [1.807, 2.05) is 31.2 Å². The largest absolute Gasteiger partial charge is 0.457 e. The molecule has 0 spiro atoms. The van der Waals surface area contributed by atoms with Gasteiger partial charge in [0.2, 0.25) is 0 Å². The van der Waals surface area contributed by atoms with Crippen LogP contribution in [0.3, 0.4) is 0 Å². The van der Waals surface area contributed by atoms with Crippen LogP contribution in [0.4, 0.5) is 0 Å². The predicted octanol–water partition coefficient (Wildman–Crippen LogP) is 2.96. The lowest BCUT2D eigenvalue weighted by atomic mass is 10.1. The fourth-order valence-corrected chi connectivity index (χ4v) is 1.60. The molecule has 2 rings (SSSR count). The molecule has 0 aliphatic rings. The van der Waals surface area contributed by atoms with Gasteiger partial charge in [0.1, 0.15) is 18.1 Å². The standard InChI is InChI=1S/C15H14O3/c1-11-6-8-12(9-7-11)18-15-5-3-2-4-13(15)14(17)10-16/h2-9,16H,10H2,1H3. The molecule has 0 amide bonds. The lowest BCUT2D eigenvalue weighted by Gasteiger charge is -2.09. The van der Waals surface area contributed by atoms with Crippen molar-refractivity contribution in [3.05, 3.63) is 59.7 Å². The summed E-state index contributed by atoms with van der Waals surface area (Å²) in [5, 5.41) is 8.91. The third-order valence-corrected chi connectivity index (χ3v) is 2.58. The van der Waals surface area contributed by atoms with E-state index in [0.717, 1.165) is 5.56 Å². The number of aliphatic hydroxyl groups excluding tert-OH is 1. The number of hydrogen-bond donors (Lipinski definition) is 1. The Morgan fingerprint density at radius 3 is 2.44 bits per heavy atom. The Balaban J connectivity index is 2.28. The monoisotopic (exact) mass is 242 g/mol. The molecule has 0 radical (unpaired) electrons. The molecule has 1 N–H and O–H groups in total. The molecule has 0 aromatic heterocycles. The van der Waals surface area contributed by atoms with Crippen LogP contribution in [0.15, 0.2) is 48.5 Å². The first-order valence-corrected chi connectivity index (χ1v) is 5.68. The van der Waals surface area contributed by atoms with Crippen LogP contribution in [0.5, 0.6) is 11.5 Å². The van der Waals surface area contributed by atoms with Gasteiger partial charge in [0.05, 0.1) is 5.56 Å². The maximum atomic E-state index is 11.5. The fourth-order valence-electron chi connectivity index (χ4n) is 1.60. The Morgan fingerprint density at radius 2 is 1.78 bits per heavy atom. The normalized spacial score (nSPS) is 10.1. The Morgan fingerprint density at radius 1 is 1.11 bits per heavy atom. The SMILES string of the molecule is Cc1ccc(Oc2ccccc2C(=O)CO)cc1. The van der Waals surface area contributed by atoms with E-state index in [9.17, 15) is 4.79 Å². The van der Waals surface area contributed by atoms with Gasteiger partial charge in [-0.1, -0.05) is 29.8 Å². The summed E-state index contributed by atoms with van der Waals surface area (Å²) >= 11 is 0. The first kappa shape index (κ1) is 12.3. The van der Waals surface area contributed by atoms with Crippen LogP contribution in [0.2, 0.25) is 0 Å².